The van der Waals surface area contributed by atoms with E-state index < -0.39 is 11.9 Å². The molecule has 2 heterocycles. The summed E-state index contributed by atoms with van der Waals surface area (Å²) in [5.74, 6) is -0.952. The zero-order chi connectivity index (χ0) is 11.5. The first-order chi connectivity index (χ1) is 7.66. The molecule has 1 amide bonds. The average molecular weight is 221 g/mol. The molecule has 0 radical (unpaired) electrons. The Balaban J connectivity index is 2.17. The zero-order valence-electron chi connectivity index (χ0n) is 8.40. The van der Waals surface area contributed by atoms with Crippen LogP contribution >= 0.6 is 0 Å². The van der Waals surface area contributed by atoms with Gasteiger partial charge >= 0.3 is 0 Å². The van der Waals surface area contributed by atoms with Gasteiger partial charge in [0, 0.05) is 0 Å². The molecule has 0 aliphatic heterocycles. The fourth-order valence-electron chi connectivity index (χ4n) is 1.17. The quantitative estimate of drug-likeness (QED) is 0.784. The molecule has 0 saturated heterocycles. The molecule has 2 aromatic heterocycles. The maximum Gasteiger partial charge on any atom is 0.294 e. The van der Waals surface area contributed by atoms with Crippen molar-refractivity contribution in [1.82, 2.24) is 9.97 Å². The molecule has 0 aromatic carbocycles. The van der Waals surface area contributed by atoms with Crippen LogP contribution in [0.1, 0.15) is 16.2 Å². The lowest BCUT2D eigenvalue weighted by atomic mass is 10.3. The number of nitrogens with zero attached hydrogens (tertiary/aromatic N) is 2. The number of nitrogens with one attached hydrogen (secondary N) is 1. The number of hydrogen-bond acceptors (Lipinski definition) is 4. The zero-order valence-corrected chi connectivity index (χ0v) is 8.40. The molecule has 2 rings (SSSR count). The Morgan fingerprint density at radius 1 is 1.50 bits per heavy atom. The molecular formula is C10H8FN3O2. The van der Waals surface area contributed by atoms with E-state index in [0.29, 0.717) is 5.69 Å². The van der Waals surface area contributed by atoms with Crippen LogP contribution in [0, 0.1) is 12.9 Å². The fraction of sp³-hybridized carbons (Fsp3) is 0.100. The molecule has 0 saturated carbocycles. The van der Waals surface area contributed by atoms with Crippen molar-refractivity contribution in [3.8, 4) is 0 Å². The third kappa shape index (κ3) is 2.05. The van der Waals surface area contributed by atoms with Gasteiger partial charge in [-0.15, -0.1) is 0 Å². The molecule has 5 nitrogen and oxygen atoms in total. The highest BCUT2D eigenvalue weighted by Gasteiger charge is 2.14. The maximum absolute atomic E-state index is 12.7. The molecule has 0 aliphatic rings. The van der Waals surface area contributed by atoms with E-state index in [2.05, 4.69) is 15.3 Å². The van der Waals surface area contributed by atoms with Crippen molar-refractivity contribution in [2.45, 2.75) is 6.92 Å². The minimum absolute atomic E-state index is 0.0889. The summed E-state index contributed by atoms with van der Waals surface area (Å²) in [6.07, 6.45) is 1.17. The first kappa shape index (κ1) is 10.3. The number of hydrogen-bond donors (Lipinski definition) is 1. The van der Waals surface area contributed by atoms with Crippen molar-refractivity contribution in [1.29, 1.82) is 0 Å². The second-order valence-corrected chi connectivity index (χ2v) is 3.07. The first-order valence-corrected chi connectivity index (χ1v) is 4.51. The van der Waals surface area contributed by atoms with Gasteiger partial charge in [0.25, 0.3) is 5.91 Å². The van der Waals surface area contributed by atoms with Crippen LogP contribution in [0.25, 0.3) is 0 Å². The number of oxazole rings is 1. The molecule has 0 atom stereocenters. The number of carbonyl (C=O) groups is 1. The normalized spacial score (nSPS) is 10.1. The van der Waals surface area contributed by atoms with Gasteiger partial charge in [0.2, 0.25) is 11.7 Å². The predicted molar refractivity (Wildman–Crippen MR) is 53.4 cm³/mol. The molecular weight excluding hydrogens is 213 g/mol. The van der Waals surface area contributed by atoms with Gasteiger partial charge in [-0.3, -0.25) is 4.79 Å². The molecule has 0 fully saturated rings. The van der Waals surface area contributed by atoms with Gasteiger partial charge in [0.1, 0.15) is 5.82 Å². The number of aromatic nitrogens is 2. The summed E-state index contributed by atoms with van der Waals surface area (Å²) in [5.41, 5.74) is 0.467. The van der Waals surface area contributed by atoms with Crippen molar-refractivity contribution < 1.29 is 13.6 Å². The summed E-state index contributed by atoms with van der Waals surface area (Å²) in [6.45, 7) is 1.64. The van der Waals surface area contributed by atoms with Gasteiger partial charge < -0.3 is 9.73 Å². The van der Waals surface area contributed by atoms with Crippen LogP contribution < -0.4 is 5.32 Å². The number of pyridine rings is 1. The maximum atomic E-state index is 12.7. The van der Waals surface area contributed by atoms with Gasteiger partial charge in [-0.25, -0.2) is 9.97 Å². The van der Waals surface area contributed by atoms with E-state index in [1.165, 1.54) is 24.6 Å². The van der Waals surface area contributed by atoms with Crippen LogP contribution in [-0.4, -0.2) is 15.9 Å². The number of anilines is 1. The van der Waals surface area contributed by atoms with E-state index in [4.69, 9.17) is 4.42 Å². The van der Waals surface area contributed by atoms with E-state index in [9.17, 15) is 9.18 Å². The molecule has 0 spiro atoms. The van der Waals surface area contributed by atoms with Crippen LogP contribution in [0.15, 0.2) is 29.0 Å². The number of aryl methyl sites for hydroxylation is 1. The van der Waals surface area contributed by atoms with E-state index >= 15 is 0 Å². The van der Waals surface area contributed by atoms with E-state index in [1.54, 1.807) is 6.92 Å². The number of rotatable bonds is 2. The average Bonchev–Trinajstić information content (AvgIpc) is 2.64. The van der Waals surface area contributed by atoms with E-state index in [0.717, 1.165) is 0 Å². The highest BCUT2D eigenvalue weighted by molar-refractivity contribution is 6.02. The SMILES string of the molecule is Cc1ncoc1C(=O)Nc1cccc(F)n1. The monoisotopic (exact) mass is 221 g/mol. The molecule has 82 valence electrons. The van der Waals surface area contributed by atoms with Crippen molar-refractivity contribution in [3.05, 3.63) is 42.0 Å². The van der Waals surface area contributed by atoms with Gasteiger partial charge in [0.15, 0.2) is 6.39 Å². The van der Waals surface area contributed by atoms with Crippen LogP contribution in [0.2, 0.25) is 0 Å². The highest BCUT2D eigenvalue weighted by Crippen LogP contribution is 2.09. The van der Waals surface area contributed by atoms with Gasteiger partial charge in [-0.2, -0.15) is 4.39 Å². The summed E-state index contributed by atoms with van der Waals surface area (Å²) < 4.78 is 17.6. The Morgan fingerprint density at radius 3 is 2.94 bits per heavy atom. The summed E-state index contributed by atoms with van der Waals surface area (Å²) in [4.78, 5) is 18.9. The second kappa shape index (κ2) is 4.09. The van der Waals surface area contributed by atoms with Crippen LogP contribution in [0.3, 0.4) is 0 Å². The first-order valence-electron chi connectivity index (χ1n) is 4.51. The standard InChI is InChI=1S/C10H8FN3O2/c1-6-9(16-5-12-6)10(15)14-8-4-2-3-7(11)13-8/h2-5H,1H3,(H,13,14,15). The lowest BCUT2D eigenvalue weighted by Crippen LogP contribution is -2.13. The molecule has 0 unspecified atom stereocenters. The molecule has 2 aromatic rings. The van der Waals surface area contributed by atoms with Crippen molar-refractivity contribution in [3.63, 3.8) is 0 Å². The van der Waals surface area contributed by atoms with E-state index in [1.807, 2.05) is 0 Å². The number of carbonyl (C=O) groups excluding carboxylic acids is 1. The molecule has 6 heteroatoms. The van der Waals surface area contributed by atoms with Crippen LogP contribution in [0.5, 0.6) is 0 Å². The lowest BCUT2D eigenvalue weighted by molar-refractivity contribution is 0.0995. The Kier molecular flexibility index (Phi) is 2.63. The van der Waals surface area contributed by atoms with Crippen LogP contribution in [-0.2, 0) is 0 Å². The third-order valence-electron chi connectivity index (χ3n) is 1.91. The van der Waals surface area contributed by atoms with Gasteiger partial charge in [-0.1, -0.05) is 6.07 Å². The summed E-state index contributed by atoms with van der Waals surface area (Å²) >= 11 is 0. The lowest BCUT2D eigenvalue weighted by Gasteiger charge is -2.01. The van der Waals surface area contributed by atoms with Gasteiger partial charge in [0.05, 0.1) is 5.69 Å². The van der Waals surface area contributed by atoms with E-state index in [-0.39, 0.29) is 11.6 Å². The molecule has 16 heavy (non-hydrogen) atoms. The Bertz CT molecular complexity index is 524. The minimum Gasteiger partial charge on any atom is -0.438 e. The predicted octanol–water partition coefficient (Wildman–Crippen LogP) is 1.77. The Morgan fingerprint density at radius 2 is 2.31 bits per heavy atom. The van der Waals surface area contributed by atoms with Crippen molar-refractivity contribution >= 4 is 11.7 Å². The molecule has 0 aliphatic carbocycles. The fourth-order valence-corrected chi connectivity index (χ4v) is 1.17. The second-order valence-electron chi connectivity index (χ2n) is 3.07. The highest BCUT2D eigenvalue weighted by atomic mass is 19.1. The largest absolute Gasteiger partial charge is 0.438 e. The van der Waals surface area contributed by atoms with Crippen molar-refractivity contribution in [2.24, 2.45) is 0 Å². The molecule has 0 bridgehead atoms. The summed E-state index contributed by atoms with van der Waals surface area (Å²) in [5, 5.41) is 2.40. The topological polar surface area (TPSA) is 68.0 Å². The van der Waals surface area contributed by atoms with Crippen LogP contribution in [0.4, 0.5) is 10.2 Å². The molecule has 1 N–H and O–H groups in total. The summed E-state index contributed by atoms with van der Waals surface area (Å²) in [7, 11) is 0. The Hall–Kier alpha value is -2.24. The number of halogens is 1. The minimum atomic E-state index is -0.660. The van der Waals surface area contributed by atoms with Gasteiger partial charge in [-0.05, 0) is 19.1 Å². The van der Waals surface area contributed by atoms with Crippen molar-refractivity contribution in [2.75, 3.05) is 5.32 Å². The number of amides is 1. The summed E-state index contributed by atoms with van der Waals surface area (Å²) in [6, 6.07) is 4.12. The third-order valence-corrected chi connectivity index (χ3v) is 1.91. The smallest absolute Gasteiger partial charge is 0.294 e. The Labute approximate surface area is 90.3 Å².